The van der Waals surface area contributed by atoms with Gasteiger partial charge in [0.05, 0.1) is 22.1 Å². The van der Waals surface area contributed by atoms with Crippen molar-refractivity contribution in [2.24, 2.45) is 0 Å². The highest BCUT2D eigenvalue weighted by atomic mass is 35.5. The second-order valence-electron chi connectivity index (χ2n) is 3.16. The molecule has 0 aromatic heterocycles. The number of ether oxygens (including phenoxy) is 1. The minimum absolute atomic E-state index is 0.0715. The van der Waals surface area contributed by atoms with E-state index in [0.717, 1.165) is 0 Å². The summed E-state index contributed by atoms with van der Waals surface area (Å²) in [5.74, 6) is 0.339. The highest BCUT2D eigenvalue weighted by Crippen LogP contribution is 2.36. The molecule has 0 saturated heterocycles. The standard InChI is InChI=1S/C9H9Cl2NO3/c1-5(2)15-6-3-7(10)9(11)8(4-6)12(13)14/h3-5H,1-2H3. The van der Waals surface area contributed by atoms with Crippen molar-refractivity contribution in [3.8, 4) is 5.75 Å². The average molecular weight is 250 g/mol. The number of halogens is 2. The molecule has 0 saturated carbocycles. The van der Waals surface area contributed by atoms with Gasteiger partial charge in [0.15, 0.2) is 0 Å². The van der Waals surface area contributed by atoms with E-state index >= 15 is 0 Å². The first kappa shape index (κ1) is 12.1. The van der Waals surface area contributed by atoms with Crippen LogP contribution < -0.4 is 4.74 Å². The fourth-order valence-corrected chi connectivity index (χ4v) is 1.41. The van der Waals surface area contributed by atoms with Crippen molar-refractivity contribution < 1.29 is 9.66 Å². The van der Waals surface area contributed by atoms with Crippen molar-refractivity contribution in [2.45, 2.75) is 20.0 Å². The predicted molar refractivity (Wildman–Crippen MR) is 58.9 cm³/mol. The van der Waals surface area contributed by atoms with E-state index in [-0.39, 0.29) is 21.8 Å². The number of nitro benzene ring substituents is 1. The van der Waals surface area contributed by atoms with Gasteiger partial charge in [0, 0.05) is 6.07 Å². The average Bonchev–Trinajstić information content (AvgIpc) is 2.09. The van der Waals surface area contributed by atoms with E-state index in [4.69, 9.17) is 27.9 Å². The normalized spacial score (nSPS) is 10.5. The van der Waals surface area contributed by atoms with Crippen LogP contribution in [-0.2, 0) is 0 Å². The molecule has 4 nitrogen and oxygen atoms in total. The minimum atomic E-state index is -0.596. The molecule has 0 fully saturated rings. The third-order valence-electron chi connectivity index (χ3n) is 1.55. The Kier molecular flexibility index (Phi) is 3.77. The Hall–Kier alpha value is -1.00. The first-order chi connectivity index (χ1) is 6.91. The zero-order valence-corrected chi connectivity index (χ0v) is 9.67. The highest BCUT2D eigenvalue weighted by Gasteiger charge is 2.18. The van der Waals surface area contributed by atoms with Gasteiger partial charge in [0.25, 0.3) is 5.69 Å². The molecule has 0 bridgehead atoms. The molecule has 0 aliphatic carbocycles. The molecule has 0 heterocycles. The zero-order chi connectivity index (χ0) is 11.6. The summed E-state index contributed by atoms with van der Waals surface area (Å²) >= 11 is 11.4. The van der Waals surface area contributed by atoms with Gasteiger partial charge in [-0.25, -0.2) is 0 Å². The third-order valence-corrected chi connectivity index (χ3v) is 2.34. The van der Waals surface area contributed by atoms with Gasteiger partial charge in [-0.2, -0.15) is 0 Å². The summed E-state index contributed by atoms with van der Waals surface area (Å²) < 4.78 is 5.29. The van der Waals surface area contributed by atoms with E-state index in [1.165, 1.54) is 12.1 Å². The quantitative estimate of drug-likeness (QED) is 0.607. The molecule has 0 amide bonds. The van der Waals surface area contributed by atoms with Crippen LogP contribution in [0.3, 0.4) is 0 Å². The summed E-state index contributed by atoms with van der Waals surface area (Å²) in [5.41, 5.74) is -0.250. The number of nitro groups is 1. The van der Waals surface area contributed by atoms with Crippen molar-refractivity contribution in [3.63, 3.8) is 0 Å². The van der Waals surface area contributed by atoms with Crippen LogP contribution in [0.15, 0.2) is 12.1 Å². The maximum Gasteiger partial charge on any atom is 0.293 e. The first-order valence-corrected chi connectivity index (χ1v) is 4.97. The molecule has 15 heavy (non-hydrogen) atoms. The van der Waals surface area contributed by atoms with Crippen molar-refractivity contribution >= 4 is 28.9 Å². The maximum atomic E-state index is 10.6. The number of hydrogen-bond acceptors (Lipinski definition) is 3. The van der Waals surface area contributed by atoms with E-state index < -0.39 is 4.92 Å². The Bertz CT molecular complexity index is 393. The molecule has 82 valence electrons. The molecule has 1 rings (SSSR count). The second kappa shape index (κ2) is 4.68. The SMILES string of the molecule is CC(C)Oc1cc(Cl)c(Cl)c([N+](=O)[O-])c1. The molecule has 0 spiro atoms. The summed E-state index contributed by atoms with van der Waals surface area (Å²) in [5, 5.41) is 10.7. The molecular formula is C9H9Cl2NO3. The monoisotopic (exact) mass is 249 g/mol. The Balaban J connectivity index is 3.17. The smallest absolute Gasteiger partial charge is 0.293 e. The van der Waals surface area contributed by atoms with Crippen LogP contribution >= 0.6 is 23.2 Å². The van der Waals surface area contributed by atoms with Crippen molar-refractivity contribution in [1.29, 1.82) is 0 Å². The maximum absolute atomic E-state index is 10.6. The van der Waals surface area contributed by atoms with Crippen molar-refractivity contribution in [1.82, 2.24) is 0 Å². The zero-order valence-electron chi connectivity index (χ0n) is 8.16. The lowest BCUT2D eigenvalue weighted by Gasteiger charge is -2.10. The minimum Gasteiger partial charge on any atom is -0.491 e. The summed E-state index contributed by atoms with van der Waals surface area (Å²) in [7, 11) is 0. The number of nitrogens with zero attached hydrogens (tertiary/aromatic N) is 1. The summed E-state index contributed by atoms with van der Waals surface area (Å²) in [4.78, 5) is 10.0. The Labute approximate surface area is 96.9 Å². The van der Waals surface area contributed by atoms with E-state index in [9.17, 15) is 10.1 Å². The van der Waals surface area contributed by atoms with Gasteiger partial charge >= 0.3 is 0 Å². The number of hydrogen-bond donors (Lipinski definition) is 0. The molecule has 0 unspecified atom stereocenters. The van der Waals surface area contributed by atoms with Gasteiger partial charge in [-0.15, -0.1) is 0 Å². The van der Waals surface area contributed by atoms with Crippen molar-refractivity contribution in [3.05, 3.63) is 32.3 Å². The number of rotatable bonds is 3. The summed E-state index contributed by atoms with van der Waals surface area (Å²) in [6, 6.07) is 2.71. The second-order valence-corrected chi connectivity index (χ2v) is 3.95. The van der Waals surface area contributed by atoms with Gasteiger partial charge in [-0.05, 0) is 13.8 Å². The van der Waals surface area contributed by atoms with E-state index in [1.807, 2.05) is 13.8 Å². The van der Waals surface area contributed by atoms with Crippen LogP contribution in [0.1, 0.15) is 13.8 Å². The van der Waals surface area contributed by atoms with E-state index in [2.05, 4.69) is 0 Å². The van der Waals surface area contributed by atoms with Gasteiger partial charge in [-0.3, -0.25) is 10.1 Å². The highest BCUT2D eigenvalue weighted by molar-refractivity contribution is 6.43. The third kappa shape index (κ3) is 2.97. The van der Waals surface area contributed by atoms with Crippen LogP contribution in [0.5, 0.6) is 5.75 Å². The molecule has 0 N–H and O–H groups in total. The summed E-state index contributed by atoms with van der Waals surface area (Å²) in [6.07, 6.45) is -0.0816. The van der Waals surface area contributed by atoms with Gasteiger partial charge < -0.3 is 4.74 Å². The molecule has 1 aromatic rings. The molecular weight excluding hydrogens is 241 g/mol. The predicted octanol–water partition coefficient (Wildman–Crippen LogP) is 3.69. The lowest BCUT2D eigenvalue weighted by molar-refractivity contribution is -0.384. The lowest BCUT2D eigenvalue weighted by Crippen LogP contribution is -2.05. The molecule has 0 atom stereocenters. The van der Waals surface area contributed by atoms with E-state index in [1.54, 1.807) is 0 Å². The topological polar surface area (TPSA) is 52.4 Å². The van der Waals surface area contributed by atoms with Crippen LogP contribution in [-0.4, -0.2) is 11.0 Å². The fourth-order valence-electron chi connectivity index (χ4n) is 1.02. The molecule has 0 radical (unpaired) electrons. The van der Waals surface area contributed by atoms with E-state index in [0.29, 0.717) is 5.75 Å². The Morgan fingerprint density at radius 3 is 2.47 bits per heavy atom. The number of benzene rings is 1. The fraction of sp³-hybridized carbons (Fsp3) is 0.333. The Morgan fingerprint density at radius 2 is 2.00 bits per heavy atom. The van der Waals surface area contributed by atoms with Crippen molar-refractivity contribution in [2.75, 3.05) is 0 Å². The van der Waals surface area contributed by atoms with Crippen LogP contribution in [0.2, 0.25) is 10.0 Å². The van der Waals surface area contributed by atoms with Gasteiger partial charge in [0.2, 0.25) is 0 Å². The van der Waals surface area contributed by atoms with Crippen LogP contribution in [0, 0.1) is 10.1 Å². The molecule has 6 heteroatoms. The Morgan fingerprint density at radius 1 is 1.40 bits per heavy atom. The molecule has 0 aliphatic rings. The molecule has 1 aromatic carbocycles. The first-order valence-electron chi connectivity index (χ1n) is 4.22. The summed E-state index contributed by atoms with van der Waals surface area (Å²) in [6.45, 7) is 3.63. The lowest BCUT2D eigenvalue weighted by atomic mass is 10.3. The largest absolute Gasteiger partial charge is 0.491 e. The van der Waals surface area contributed by atoms with Gasteiger partial charge in [0.1, 0.15) is 10.8 Å². The molecule has 0 aliphatic heterocycles. The van der Waals surface area contributed by atoms with Crippen LogP contribution in [0.4, 0.5) is 5.69 Å². The van der Waals surface area contributed by atoms with Crippen LogP contribution in [0.25, 0.3) is 0 Å². The van der Waals surface area contributed by atoms with Gasteiger partial charge in [-0.1, -0.05) is 23.2 Å².